The summed E-state index contributed by atoms with van der Waals surface area (Å²) in [5.41, 5.74) is 1.25. The molecule has 1 aliphatic carbocycles. The molecule has 0 bridgehead atoms. The van der Waals surface area contributed by atoms with E-state index in [1.807, 2.05) is 24.4 Å². The Morgan fingerprint density at radius 1 is 1.13 bits per heavy atom. The summed E-state index contributed by atoms with van der Waals surface area (Å²) in [6.45, 7) is 0. The van der Waals surface area contributed by atoms with Crippen LogP contribution in [0.2, 0.25) is 0 Å². The highest BCUT2D eigenvalue weighted by Crippen LogP contribution is 2.32. The topological polar surface area (TPSA) is 90.3 Å². The zero-order valence-electron chi connectivity index (χ0n) is 12.6. The van der Waals surface area contributed by atoms with Crippen molar-refractivity contribution in [1.82, 2.24) is 19.9 Å². The molecular weight excluding hydrogens is 288 g/mol. The molecule has 0 spiro atoms. The van der Waals surface area contributed by atoms with E-state index >= 15 is 0 Å². The van der Waals surface area contributed by atoms with Gasteiger partial charge in [-0.25, -0.2) is 15.0 Å². The number of hydrogen-bond acceptors (Lipinski definition) is 5. The van der Waals surface area contributed by atoms with E-state index in [9.17, 15) is 5.26 Å². The van der Waals surface area contributed by atoms with Crippen molar-refractivity contribution in [2.24, 2.45) is 0 Å². The lowest BCUT2D eigenvalue weighted by Gasteiger charge is -2.22. The highest BCUT2D eigenvalue weighted by Gasteiger charge is 2.34. The third-order valence-electron chi connectivity index (χ3n) is 4.40. The maximum atomic E-state index is 9.51. The van der Waals surface area contributed by atoms with Gasteiger partial charge in [0.15, 0.2) is 5.82 Å². The number of aromatic nitrogens is 4. The molecule has 6 heteroatoms. The Hall–Kier alpha value is -2.94. The summed E-state index contributed by atoms with van der Waals surface area (Å²) in [6.07, 6.45) is 9.20. The average Bonchev–Trinajstić information content (AvgIpc) is 3.24. The highest BCUT2D eigenvalue weighted by molar-refractivity contribution is 5.90. The molecule has 4 rings (SSSR count). The quantitative estimate of drug-likeness (QED) is 0.775. The molecule has 6 nitrogen and oxygen atoms in total. The van der Waals surface area contributed by atoms with Gasteiger partial charge in [0.2, 0.25) is 0 Å². The molecule has 0 aromatic carbocycles. The Labute approximate surface area is 133 Å². The number of hydrogen-bond donors (Lipinski definition) is 2. The van der Waals surface area contributed by atoms with E-state index in [1.54, 1.807) is 12.4 Å². The predicted octanol–water partition coefficient (Wildman–Crippen LogP) is 3.27. The van der Waals surface area contributed by atoms with Crippen LogP contribution >= 0.6 is 0 Å². The number of H-pyrrole nitrogens is 1. The van der Waals surface area contributed by atoms with Crippen LogP contribution in [0.4, 0.5) is 5.82 Å². The molecule has 1 aliphatic rings. The molecule has 0 amide bonds. The van der Waals surface area contributed by atoms with Crippen molar-refractivity contribution in [3.8, 4) is 17.5 Å². The number of anilines is 1. The first-order chi connectivity index (χ1) is 11.3. The Kier molecular flexibility index (Phi) is 3.19. The van der Waals surface area contributed by atoms with Gasteiger partial charge < -0.3 is 10.3 Å². The molecule has 0 radical (unpaired) electrons. The molecule has 0 unspecified atom stereocenters. The number of nitrogens with zero attached hydrogens (tertiary/aromatic N) is 4. The van der Waals surface area contributed by atoms with Crippen LogP contribution in [-0.4, -0.2) is 25.5 Å². The molecule has 23 heavy (non-hydrogen) atoms. The van der Waals surface area contributed by atoms with Crippen LogP contribution in [0.25, 0.3) is 22.4 Å². The SMILES string of the molecule is N#CC1(Nc2ccnc(-c3ccnc4[nH]ccc34)n2)CCCC1. The fourth-order valence-electron chi connectivity index (χ4n) is 3.20. The van der Waals surface area contributed by atoms with Gasteiger partial charge in [0, 0.05) is 29.5 Å². The van der Waals surface area contributed by atoms with Crippen LogP contribution in [0.5, 0.6) is 0 Å². The van der Waals surface area contributed by atoms with Gasteiger partial charge in [0.25, 0.3) is 0 Å². The minimum Gasteiger partial charge on any atom is -0.352 e. The summed E-state index contributed by atoms with van der Waals surface area (Å²) in [6, 6.07) is 8.11. The standard InChI is InChI=1S/C17H16N6/c18-11-17(6-1-2-7-17)23-14-5-10-21-16(22-14)13-4-9-20-15-12(13)3-8-19-15/h3-5,8-10H,1-2,6-7H2,(H,19,20)(H,21,22,23). The third-order valence-corrected chi connectivity index (χ3v) is 4.40. The van der Waals surface area contributed by atoms with Gasteiger partial charge in [0.1, 0.15) is 17.0 Å². The van der Waals surface area contributed by atoms with E-state index in [2.05, 4.69) is 31.3 Å². The van der Waals surface area contributed by atoms with Crippen molar-refractivity contribution in [3.05, 3.63) is 36.8 Å². The van der Waals surface area contributed by atoms with Crippen molar-refractivity contribution >= 4 is 16.9 Å². The zero-order chi connectivity index (χ0) is 15.7. The minimum atomic E-state index is -0.493. The van der Waals surface area contributed by atoms with E-state index < -0.39 is 5.54 Å². The van der Waals surface area contributed by atoms with Crippen molar-refractivity contribution in [2.45, 2.75) is 31.2 Å². The summed E-state index contributed by atoms with van der Waals surface area (Å²) >= 11 is 0. The molecule has 0 saturated heterocycles. The van der Waals surface area contributed by atoms with Gasteiger partial charge in [-0.15, -0.1) is 0 Å². The predicted molar refractivity (Wildman–Crippen MR) is 87.6 cm³/mol. The van der Waals surface area contributed by atoms with Gasteiger partial charge >= 0.3 is 0 Å². The van der Waals surface area contributed by atoms with E-state index in [0.717, 1.165) is 42.3 Å². The van der Waals surface area contributed by atoms with E-state index in [1.165, 1.54) is 0 Å². The lowest BCUT2D eigenvalue weighted by molar-refractivity contribution is 0.610. The van der Waals surface area contributed by atoms with Gasteiger partial charge in [-0.05, 0) is 43.9 Å². The summed E-state index contributed by atoms with van der Waals surface area (Å²) in [5, 5.41) is 13.8. The smallest absolute Gasteiger partial charge is 0.162 e. The first-order valence-corrected chi connectivity index (χ1v) is 7.75. The van der Waals surface area contributed by atoms with Gasteiger partial charge in [-0.1, -0.05) is 0 Å². The zero-order valence-corrected chi connectivity index (χ0v) is 12.6. The van der Waals surface area contributed by atoms with Crippen LogP contribution in [0.15, 0.2) is 36.8 Å². The van der Waals surface area contributed by atoms with E-state index in [-0.39, 0.29) is 0 Å². The lowest BCUT2D eigenvalue weighted by atomic mass is 10.00. The number of aromatic amines is 1. The number of nitriles is 1. The molecule has 3 heterocycles. The van der Waals surface area contributed by atoms with Gasteiger partial charge in [-0.2, -0.15) is 5.26 Å². The van der Waals surface area contributed by atoms with E-state index in [0.29, 0.717) is 11.6 Å². The van der Waals surface area contributed by atoms with Crippen LogP contribution in [-0.2, 0) is 0 Å². The van der Waals surface area contributed by atoms with Crippen molar-refractivity contribution in [2.75, 3.05) is 5.32 Å². The molecule has 114 valence electrons. The molecule has 1 fully saturated rings. The minimum absolute atomic E-state index is 0.493. The van der Waals surface area contributed by atoms with Gasteiger partial charge in [-0.3, -0.25) is 0 Å². The van der Waals surface area contributed by atoms with E-state index in [4.69, 9.17) is 0 Å². The maximum Gasteiger partial charge on any atom is 0.162 e. The number of nitrogens with one attached hydrogen (secondary N) is 2. The third kappa shape index (κ3) is 2.40. The van der Waals surface area contributed by atoms with Crippen LogP contribution in [0.3, 0.4) is 0 Å². The van der Waals surface area contributed by atoms with Crippen LogP contribution < -0.4 is 5.32 Å². The Morgan fingerprint density at radius 3 is 2.78 bits per heavy atom. The highest BCUT2D eigenvalue weighted by atomic mass is 15.1. The number of pyridine rings is 1. The second-order valence-corrected chi connectivity index (χ2v) is 5.89. The molecule has 0 atom stereocenters. The lowest BCUT2D eigenvalue weighted by Crippen LogP contribution is -2.33. The summed E-state index contributed by atoms with van der Waals surface area (Å²) in [5.74, 6) is 1.33. The summed E-state index contributed by atoms with van der Waals surface area (Å²) < 4.78 is 0. The van der Waals surface area contributed by atoms with Gasteiger partial charge in [0.05, 0.1) is 6.07 Å². The normalized spacial score (nSPS) is 16.3. The Bertz CT molecular complexity index is 885. The maximum absolute atomic E-state index is 9.51. The molecular formula is C17H16N6. The summed E-state index contributed by atoms with van der Waals surface area (Å²) in [4.78, 5) is 16.4. The van der Waals surface area contributed by atoms with Crippen LogP contribution in [0.1, 0.15) is 25.7 Å². The number of rotatable bonds is 3. The number of fused-ring (bicyclic) bond motifs is 1. The first kappa shape index (κ1) is 13.7. The molecule has 1 saturated carbocycles. The van der Waals surface area contributed by atoms with Crippen molar-refractivity contribution in [1.29, 1.82) is 5.26 Å². The first-order valence-electron chi connectivity index (χ1n) is 7.75. The fraction of sp³-hybridized carbons (Fsp3) is 0.294. The summed E-state index contributed by atoms with van der Waals surface area (Å²) in [7, 11) is 0. The Balaban J connectivity index is 1.72. The monoisotopic (exact) mass is 304 g/mol. The Morgan fingerprint density at radius 2 is 1.96 bits per heavy atom. The average molecular weight is 304 g/mol. The molecule has 0 aliphatic heterocycles. The second-order valence-electron chi connectivity index (χ2n) is 5.89. The fourth-order valence-corrected chi connectivity index (χ4v) is 3.20. The molecule has 2 N–H and O–H groups in total. The van der Waals surface area contributed by atoms with Crippen LogP contribution in [0, 0.1) is 11.3 Å². The van der Waals surface area contributed by atoms with Crippen molar-refractivity contribution in [3.63, 3.8) is 0 Å². The largest absolute Gasteiger partial charge is 0.352 e. The van der Waals surface area contributed by atoms with Crippen molar-refractivity contribution < 1.29 is 0 Å². The second kappa shape index (κ2) is 5.36. The molecule has 3 aromatic heterocycles. The molecule has 3 aromatic rings.